The minimum Gasteiger partial charge on any atom is -0.361 e. The van der Waals surface area contributed by atoms with Crippen LogP contribution in [0.1, 0.15) is 40.1 Å². The fourth-order valence-electron chi connectivity index (χ4n) is 3.71. The zero-order valence-corrected chi connectivity index (χ0v) is 14.1. The molecule has 1 fully saturated rings. The maximum atomic E-state index is 12.8. The smallest absolute Gasteiger partial charge is 0.259 e. The highest BCUT2D eigenvalue weighted by molar-refractivity contribution is 5.96. The fraction of sp³-hybridized carbons (Fsp3) is 0.389. The summed E-state index contributed by atoms with van der Waals surface area (Å²) in [4.78, 5) is 19.3. The Labute approximate surface area is 140 Å². The quantitative estimate of drug-likeness (QED) is 0.727. The number of rotatable bonds is 2. The topological polar surface area (TPSA) is 64.2 Å². The van der Waals surface area contributed by atoms with Crippen LogP contribution in [0.3, 0.4) is 0 Å². The molecule has 124 valence electrons. The lowest BCUT2D eigenvalue weighted by molar-refractivity contribution is 0.0785. The monoisotopic (exact) mass is 324 g/mol. The summed E-state index contributed by atoms with van der Waals surface area (Å²) >= 11 is 0. The predicted octanol–water partition coefficient (Wildman–Crippen LogP) is 3.04. The van der Waals surface area contributed by atoms with E-state index in [0.717, 1.165) is 29.8 Å². The van der Waals surface area contributed by atoms with E-state index in [0.29, 0.717) is 23.6 Å². The van der Waals surface area contributed by atoms with Crippen LogP contribution in [0, 0.1) is 20.8 Å². The molecule has 0 bridgehead atoms. The number of hydrogen-bond donors (Lipinski definition) is 0. The van der Waals surface area contributed by atoms with Gasteiger partial charge >= 0.3 is 0 Å². The number of benzene rings is 1. The minimum absolute atomic E-state index is 0.0100. The molecule has 3 heterocycles. The second-order valence-corrected chi connectivity index (χ2v) is 6.41. The Bertz CT molecular complexity index is 905. The number of carbonyl (C=O) groups excluding carboxylic acids is 1. The number of aromatic nitrogens is 3. The molecule has 6 nitrogen and oxygen atoms in total. The van der Waals surface area contributed by atoms with Crippen molar-refractivity contribution in [3.05, 3.63) is 47.1 Å². The van der Waals surface area contributed by atoms with Crippen LogP contribution in [0.5, 0.6) is 0 Å². The molecule has 0 saturated carbocycles. The molecule has 1 aliphatic heterocycles. The van der Waals surface area contributed by atoms with Gasteiger partial charge in [0.15, 0.2) is 0 Å². The Kier molecular flexibility index (Phi) is 3.40. The summed E-state index contributed by atoms with van der Waals surface area (Å²) in [5.74, 6) is 1.59. The Morgan fingerprint density at radius 1 is 1.25 bits per heavy atom. The van der Waals surface area contributed by atoms with Crippen LogP contribution in [0.2, 0.25) is 0 Å². The molecule has 0 unspecified atom stereocenters. The summed E-state index contributed by atoms with van der Waals surface area (Å²) in [5.41, 5.74) is 3.39. The first-order valence-corrected chi connectivity index (χ1v) is 8.22. The third-order valence-electron chi connectivity index (χ3n) is 4.84. The van der Waals surface area contributed by atoms with Gasteiger partial charge in [-0.3, -0.25) is 4.79 Å². The fourth-order valence-corrected chi connectivity index (χ4v) is 3.71. The molecule has 1 aromatic carbocycles. The van der Waals surface area contributed by atoms with Crippen molar-refractivity contribution in [1.82, 2.24) is 19.6 Å². The van der Waals surface area contributed by atoms with Gasteiger partial charge in [-0.15, -0.1) is 0 Å². The summed E-state index contributed by atoms with van der Waals surface area (Å²) < 4.78 is 7.40. The van der Waals surface area contributed by atoms with Gasteiger partial charge in [-0.2, -0.15) is 0 Å². The van der Waals surface area contributed by atoms with Gasteiger partial charge in [0.2, 0.25) is 0 Å². The van der Waals surface area contributed by atoms with Gasteiger partial charge in [0.1, 0.15) is 17.1 Å². The summed E-state index contributed by atoms with van der Waals surface area (Å²) in [6.07, 6.45) is 0.927. The lowest BCUT2D eigenvalue weighted by atomic mass is 10.2. The van der Waals surface area contributed by atoms with E-state index >= 15 is 0 Å². The van der Waals surface area contributed by atoms with Crippen molar-refractivity contribution in [3.8, 4) is 0 Å². The molecule has 1 atom stereocenters. The highest BCUT2D eigenvalue weighted by Gasteiger charge is 2.32. The zero-order chi connectivity index (χ0) is 16.8. The van der Waals surface area contributed by atoms with Gasteiger partial charge in [0.25, 0.3) is 5.91 Å². The van der Waals surface area contributed by atoms with Crippen LogP contribution in [0.25, 0.3) is 11.0 Å². The third kappa shape index (κ3) is 2.21. The average molecular weight is 324 g/mol. The van der Waals surface area contributed by atoms with E-state index in [4.69, 9.17) is 4.52 Å². The van der Waals surface area contributed by atoms with Crippen LogP contribution in [-0.4, -0.2) is 38.6 Å². The van der Waals surface area contributed by atoms with Crippen LogP contribution >= 0.6 is 0 Å². The van der Waals surface area contributed by atoms with Crippen molar-refractivity contribution in [2.45, 2.75) is 33.2 Å². The van der Waals surface area contributed by atoms with Crippen molar-refractivity contribution >= 4 is 16.9 Å². The van der Waals surface area contributed by atoms with Gasteiger partial charge in [-0.25, -0.2) is 4.98 Å². The Hall–Kier alpha value is -2.63. The number of aryl methyl sites for hydroxylation is 3. The van der Waals surface area contributed by atoms with Gasteiger partial charge in [-0.05, 0) is 39.3 Å². The third-order valence-corrected chi connectivity index (χ3v) is 4.84. The van der Waals surface area contributed by atoms with Crippen molar-refractivity contribution < 1.29 is 9.32 Å². The summed E-state index contributed by atoms with van der Waals surface area (Å²) in [5, 5.41) is 3.89. The number of likely N-dealkylation sites (tertiary alicyclic amines) is 1. The highest BCUT2D eigenvalue weighted by atomic mass is 16.5. The molecule has 0 aliphatic carbocycles. The maximum absolute atomic E-state index is 12.8. The van der Waals surface area contributed by atoms with E-state index < -0.39 is 0 Å². The molecule has 0 spiro atoms. The number of fused-ring (bicyclic) bond motifs is 1. The van der Waals surface area contributed by atoms with Gasteiger partial charge in [-0.1, -0.05) is 17.3 Å². The van der Waals surface area contributed by atoms with Crippen molar-refractivity contribution in [3.63, 3.8) is 0 Å². The van der Waals surface area contributed by atoms with Crippen molar-refractivity contribution in [2.75, 3.05) is 13.1 Å². The standard InChI is InChI=1S/C18H20N4O2/c1-11-17(12(2)24-20-11)18(23)21-9-8-14(10-21)22-13(3)19-15-6-4-5-7-16(15)22/h4-7,14H,8-10H2,1-3H3/t14-/m1/s1. The predicted molar refractivity (Wildman–Crippen MR) is 90.0 cm³/mol. The molecule has 3 aromatic rings. The van der Waals surface area contributed by atoms with Crippen molar-refractivity contribution in [2.24, 2.45) is 0 Å². The first-order valence-electron chi connectivity index (χ1n) is 8.22. The number of hydrogen-bond acceptors (Lipinski definition) is 4. The van der Waals surface area contributed by atoms with E-state index in [9.17, 15) is 4.79 Å². The molecular formula is C18H20N4O2. The minimum atomic E-state index is 0.0100. The summed E-state index contributed by atoms with van der Waals surface area (Å²) in [6, 6.07) is 8.40. The van der Waals surface area contributed by atoms with E-state index in [2.05, 4.69) is 20.8 Å². The van der Waals surface area contributed by atoms with Gasteiger partial charge < -0.3 is 14.0 Å². The number of carbonyl (C=O) groups is 1. The van der Waals surface area contributed by atoms with E-state index in [1.807, 2.05) is 36.9 Å². The second kappa shape index (κ2) is 5.47. The molecule has 2 aromatic heterocycles. The summed E-state index contributed by atoms with van der Waals surface area (Å²) in [7, 11) is 0. The lowest BCUT2D eigenvalue weighted by Crippen LogP contribution is -2.30. The molecule has 0 radical (unpaired) electrons. The number of para-hydroxylation sites is 2. The number of amides is 1. The molecule has 1 amide bonds. The molecule has 0 N–H and O–H groups in total. The van der Waals surface area contributed by atoms with Crippen LogP contribution in [0.15, 0.2) is 28.8 Å². The molecular weight excluding hydrogens is 304 g/mol. The second-order valence-electron chi connectivity index (χ2n) is 6.41. The van der Waals surface area contributed by atoms with Crippen LogP contribution < -0.4 is 0 Å². The highest BCUT2D eigenvalue weighted by Crippen LogP contribution is 2.29. The lowest BCUT2D eigenvalue weighted by Gasteiger charge is -2.18. The molecule has 4 rings (SSSR count). The zero-order valence-electron chi connectivity index (χ0n) is 14.1. The Morgan fingerprint density at radius 3 is 2.79 bits per heavy atom. The number of nitrogens with zero attached hydrogens (tertiary/aromatic N) is 4. The maximum Gasteiger partial charge on any atom is 0.259 e. The first-order chi connectivity index (χ1) is 11.6. The van der Waals surface area contributed by atoms with Gasteiger partial charge in [0.05, 0.1) is 22.8 Å². The van der Waals surface area contributed by atoms with E-state index in [1.54, 1.807) is 6.92 Å². The molecule has 24 heavy (non-hydrogen) atoms. The van der Waals surface area contributed by atoms with Crippen molar-refractivity contribution in [1.29, 1.82) is 0 Å². The Balaban J connectivity index is 1.63. The van der Waals surface area contributed by atoms with Crippen LogP contribution in [0.4, 0.5) is 0 Å². The van der Waals surface area contributed by atoms with Crippen LogP contribution in [-0.2, 0) is 0 Å². The average Bonchev–Trinajstić information content (AvgIpc) is 3.23. The van der Waals surface area contributed by atoms with E-state index in [1.165, 1.54) is 0 Å². The Morgan fingerprint density at radius 2 is 2.04 bits per heavy atom. The molecule has 1 saturated heterocycles. The number of imidazole rings is 1. The largest absolute Gasteiger partial charge is 0.361 e. The first kappa shape index (κ1) is 14.9. The molecule has 6 heteroatoms. The van der Waals surface area contributed by atoms with E-state index in [-0.39, 0.29) is 11.9 Å². The normalized spacial score (nSPS) is 17.8. The molecule has 1 aliphatic rings. The van der Waals surface area contributed by atoms with Gasteiger partial charge in [0, 0.05) is 13.1 Å². The SMILES string of the molecule is Cc1noc(C)c1C(=O)N1CC[C@@H](n2c(C)nc3ccccc32)C1. The summed E-state index contributed by atoms with van der Waals surface area (Å²) in [6.45, 7) is 7.04.